The van der Waals surface area contributed by atoms with Gasteiger partial charge >= 0.3 is 0 Å². The molecule has 0 fully saturated rings. The Morgan fingerprint density at radius 2 is 1.94 bits per heavy atom. The number of carbonyl (C=O) groups excluding carboxylic acids is 1. The zero-order chi connectivity index (χ0) is 13.5. The van der Waals surface area contributed by atoms with Crippen LogP contribution in [0, 0.1) is 10.1 Å². The Morgan fingerprint density at radius 3 is 2.44 bits per heavy atom. The molecule has 1 aromatic carbocycles. The number of carbonyl (C=O) groups is 1. The molecule has 0 aliphatic carbocycles. The second kappa shape index (κ2) is 6.70. The molecule has 6 heteroatoms. The number of hydrogen-bond acceptors (Lipinski definition) is 4. The number of non-ortho nitro benzene ring substituents is 1. The Kier molecular flexibility index (Phi) is 5.26. The first-order valence-electron chi connectivity index (χ1n) is 5.73. The molecule has 0 spiro atoms. The molecular formula is C12H17N3O3. The van der Waals surface area contributed by atoms with E-state index in [2.05, 4.69) is 10.6 Å². The maximum Gasteiger partial charge on any atom is 0.269 e. The third-order valence-electron chi connectivity index (χ3n) is 2.55. The van der Waals surface area contributed by atoms with E-state index < -0.39 is 4.92 Å². The Labute approximate surface area is 106 Å². The summed E-state index contributed by atoms with van der Waals surface area (Å²) in [6.07, 6.45) is 0. The van der Waals surface area contributed by atoms with Gasteiger partial charge in [0.15, 0.2) is 0 Å². The second-order valence-electron chi connectivity index (χ2n) is 4.01. The van der Waals surface area contributed by atoms with E-state index in [0.29, 0.717) is 13.1 Å². The van der Waals surface area contributed by atoms with Gasteiger partial charge in [-0.3, -0.25) is 14.9 Å². The molecule has 1 unspecified atom stereocenters. The summed E-state index contributed by atoms with van der Waals surface area (Å²) in [5.41, 5.74) is 1.06. The Morgan fingerprint density at radius 1 is 1.33 bits per heavy atom. The molecule has 1 aromatic rings. The fraction of sp³-hybridized carbons (Fsp3) is 0.417. The minimum atomic E-state index is -0.418. The van der Waals surface area contributed by atoms with Gasteiger partial charge in [-0.1, -0.05) is 12.1 Å². The van der Waals surface area contributed by atoms with E-state index in [4.69, 9.17) is 0 Å². The van der Waals surface area contributed by atoms with Crippen molar-refractivity contribution in [2.75, 3.05) is 13.1 Å². The average molecular weight is 251 g/mol. The molecule has 0 radical (unpaired) electrons. The van der Waals surface area contributed by atoms with E-state index >= 15 is 0 Å². The van der Waals surface area contributed by atoms with Crippen LogP contribution >= 0.6 is 0 Å². The summed E-state index contributed by atoms with van der Waals surface area (Å²) in [5.74, 6) is -0.0558. The van der Waals surface area contributed by atoms with Gasteiger partial charge in [0.1, 0.15) is 0 Å². The maximum absolute atomic E-state index is 10.7. The number of rotatable bonds is 6. The van der Waals surface area contributed by atoms with Gasteiger partial charge in [0, 0.05) is 38.2 Å². The van der Waals surface area contributed by atoms with E-state index in [0.717, 1.165) is 5.56 Å². The highest BCUT2D eigenvalue weighted by molar-refractivity contribution is 5.72. The Balaban J connectivity index is 2.44. The summed E-state index contributed by atoms with van der Waals surface area (Å²) in [5, 5.41) is 16.4. The summed E-state index contributed by atoms with van der Waals surface area (Å²) in [4.78, 5) is 20.7. The lowest BCUT2D eigenvalue weighted by molar-refractivity contribution is -0.384. The van der Waals surface area contributed by atoms with Gasteiger partial charge < -0.3 is 10.6 Å². The summed E-state index contributed by atoms with van der Waals surface area (Å²) < 4.78 is 0. The van der Waals surface area contributed by atoms with Crippen LogP contribution in [-0.2, 0) is 4.79 Å². The number of hydrogen-bond donors (Lipinski definition) is 2. The number of amides is 1. The lowest BCUT2D eigenvalue weighted by Gasteiger charge is -2.14. The molecule has 0 aliphatic rings. The molecule has 0 aromatic heterocycles. The minimum Gasteiger partial charge on any atom is -0.355 e. The number of benzene rings is 1. The number of nitrogens with one attached hydrogen (secondary N) is 2. The zero-order valence-electron chi connectivity index (χ0n) is 10.5. The molecule has 0 aliphatic heterocycles. The van der Waals surface area contributed by atoms with Crippen LogP contribution in [0.3, 0.4) is 0 Å². The molecule has 0 saturated heterocycles. The van der Waals surface area contributed by atoms with Crippen LogP contribution in [0.15, 0.2) is 24.3 Å². The zero-order valence-corrected chi connectivity index (χ0v) is 10.5. The van der Waals surface area contributed by atoms with Crippen LogP contribution in [0.1, 0.15) is 25.5 Å². The van der Waals surface area contributed by atoms with Crippen LogP contribution < -0.4 is 10.6 Å². The van der Waals surface area contributed by atoms with Gasteiger partial charge in [-0.05, 0) is 12.5 Å². The van der Waals surface area contributed by atoms with E-state index in [-0.39, 0.29) is 17.6 Å². The highest BCUT2D eigenvalue weighted by Crippen LogP contribution is 2.16. The highest BCUT2D eigenvalue weighted by Gasteiger charge is 2.08. The van der Waals surface area contributed by atoms with Gasteiger partial charge in [-0.15, -0.1) is 0 Å². The van der Waals surface area contributed by atoms with E-state index in [1.165, 1.54) is 19.1 Å². The van der Waals surface area contributed by atoms with Crippen molar-refractivity contribution in [3.63, 3.8) is 0 Å². The predicted octanol–water partition coefficient (Wildman–Crippen LogP) is 1.38. The quantitative estimate of drug-likeness (QED) is 0.454. The van der Waals surface area contributed by atoms with Crippen molar-refractivity contribution in [1.29, 1.82) is 0 Å². The molecule has 18 heavy (non-hydrogen) atoms. The van der Waals surface area contributed by atoms with Gasteiger partial charge in [0.05, 0.1) is 4.92 Å². The van der Waals surface area contributed by atoms with Gasteiger partial charge in [-0.25, -0.2) is 0 Å². The van der Waals surface area contributed by atoms with Crippen molar-refractivity contribution in [2.24, 2.45) is 0 Å². The van der Waals surface area contributed by atoms with Crippen LogP contribution in [0.2, 0.25) is 0 Å². The molecule has 6 nitrogen and oxygen atoms in total. The largest absolute Gasteiger partial charge is 0.355 e. The van der Waals surface area contributed by atoms with Crippen LogP contribution in [0.5, 0.6) is 0 Å². The van der Waals surface area contributed by atoms with Crippen molar-refractivity contribution in [1.82, 2.24) is 10.6 Å². The second-order valence-corrected chi connectivity index (χ2v) is 4.01. The first-order chi connectivity index (χ1) is 8.50. The van der Waals surface area contributed by atoms with Gasteiger partial charge in [-0.2, -0.15) is 0 Å². The Bertz CT molecular complexity index is 417. The van der Waals surface area contributed by atoms with Gasteiger partial charge in [0.2, 0.25) is 5.91 Å². The van der Waals surface area contributed by atoms with Crippen molar-refractivity contribution >= 4 is 11.6 Å². The Hall–Kier alpha value is -1.95. The van der Waals surface area contributed by atoms with Crippen LogP contribution in [-0.4, -0.2) is 23.9 Å². The molecular weight excluding hydrogens is 234 g/mol. The monoisotopic (exact) mass is 251 g/mol. The van der Waals surface area contributed by atoms with Crippen molar-refractivity contribution in [3.05, 3.63) is 39.9 Å². The van der Waals surface area contributed by atoms with E-state index in [9.17, 15) is 14.9 Å². The first kappa shape index (κ1) is 14.1. The summed E-state index contributed by atoms with van der Waals surface area (Å²) in [7, 11) is 0. The molecule has 0 bridgehead atoms. The van der Waals surface area contributed by atoms with Crippen LogP contribution in [0.4, 0.5) is 5.69 Å². The molecule has 98 valence electrons. The summed E-state index contributed by atoms with van der Waals surface area (Å²) in [6.45, 7) is 4.65. The topological polar surface area (TPSA) is 84.3 Å². The molecule has 0 heterocycles. The van der Waals surface area contributed by atoms with Crippen molar-refractivity contribution < 1.29 is 9.72 Å². The predicted molar refractivity (Wildman–Crippen MR) is 68.2 cm³/mol. The molecule has 0 saturated carbocycles. The van der Waals surface area contributed by atoms with E-state index in [1.807, 2.05) is 6.92 Å². The first-order valence-corrected chi connectivity index (χ1v) is 5.73. The van der Waals surface area contributed by atoms with Gasteiger partial charge in [0.25, 0.3) is 5.69 Å². The lowest BCUT2D eigenvalue weighted by Crippen LogP contribution is -2.31. The fourth-order valence-corrected chi connectivity index (χ4v) is 1.53. The number of nitro groups is 1. The minimum absolute atomic E-state index is 0.0558. The highest BCUT2D eigenvalue weighted by atomic mass is 16.6. The lowest BCUT2D eigenvalue weighted by atomic mass is 10.1. The molecule has 1 amide bonds. The smallest absolute Gasteiger partial charge is 0.269 e. The summed E-state index contributed by atoms with van der Waals surface area (Å²) in [6, 6.07) is 6.52. The fourth-order valence-electron chi connectivity index (χ4n) is 1.53. The van der Waals surface area contributed by atoms with Crippen molar-refractivity contribution in [3.8, 4) is 0 Å². The number of nitro benzene ring substituents is 1. The number of nitrogens with zero attached hydrogens (tertiary/aromatic N) is 1. The van der Waals surface area contributed by atoms with Crippen LogP contribution in [0.25, 0.3) is 0 Å². The maximum atomic E-state index is 10.7. The average Bonchev–Trinajstić information content (AvgIpc) is 2.34. The van der Waals surface area contributed by atoms with E-state index in [1.54, 1.807) is 12.1 Å². The molecule has 2 N–H and O–H groups in total. The molecule has 1 rings (SSSR count). The molecule has 1 atom stereocenters. The SMILES string of the molecule is CC(=O)NCCNC(C)c1ccc([N+](=O)[O-])cc1. The normalized spacial score (nSPS) is 11.9. The summed E-state index contributed by atoms with van der Waals surface area (Å²) >= 11 is 0. The standard InChI is InChI=1S/C12H17N3O3/c1-9(13-7-8-14-10(2)16)11-3-5-12(6-4-11)15(17)18/h3-6,9,13H,7-8H2,1-2H3,(H,14,16). The third kappa shape index (κ3) is 4.50. The van der Waals surface area contributed by atoms with Crippen molar-refractivity contribution in [2.45, 2.75) is 19.9 Å². The third-order valence-corrected chi connectivity index (χ3v) is 2.55.